The van der Waals surface area contributed by atoms with Crippen molar-refractivity contribution in [3.05, 3.63) is 35.9 Å². The Labute approximate surface area is 131 Å². The molecular weight excluding hydrogens is 278 g/mol. The van der Waals surface area contributed by atoms with Crippen LogP contribution < -0.4 is 5.32 Å². The first kappa shape index (κ1) is 16.5. The molecular formula is C18H25NO3. The third-order valence-electron chi connectivity index (χ3n) is 4.62. The summed E-state index contributed by atoms with van der Waals surface area (Å²) in [7, 11) is 0. The van der Waals surface area contributed by atoms with Crippen LogP contribution in [-0.4, -0.2) is 23.5 Å². The first-order chi connectivity index (χ1) is 10.6. The lowest BCUT2D eigenvalue weighted by atomic mass is 9.79. The zero-order valence-electron chi connectivity index (χ0n) is 13.0. The number of amides is 1. The topological polar surface area (TPSA) is 66.4 Å². The van der Waals surface area contributed by atoms with Crippen molar-refractivity contribution in [3.63, 3.8) is 0 Å². The number of rotatable bonds is 8. The van der Waals surface area contributed by atoms with Gasteiger partial charge in [-0.05, 0) is 31.2 Å². The molecule has 0 unspecified atom stereocenters. The summed E-state index contributed by atoms with van der Waals surface area (Å²) in [5.74, 6) is -0.762. The molecule has 1 aromatic rings. The summed E-state index contributed by atoms with van der Waals surface area (Å²) in [5.41, 5.74) is 1.40. The summed E-state index contributed by atoms with van der Waals surface area (Å²) in [6.07, 6.45) is 6.42. The zero-order chi connectivity index (χ0) is 15.8. The average Bonchev–Trinajstić information content (AvgIpc) is 3.00. The van der Waals surface area contributed by atoms with E-state index in [-0.39, 0.29) is 17.7 Å². The summed E-state index contributed by atoms with van der Waals surface area (Å²) >= 11 is 0. The molecule has 0 radical (unpaired) electrons. The van der Waals surface area contributed by atoms with Crippen molar-refractivity contribution in [2.45, 2.75) is 56.8 Å². The zero-order valence-corrected chi connectivity index (χ0v) is 13.0. The van der Waals surface area contributed by atoms with Crippen LogP contribution in [0.1, 0.15) is 56.9 Å². The lowest BCUT2D eigenvalue weighted by Crippen LogP contribution is -2.38. The van der Waals surface area contributed by atoms with Gasteiger partial charge in [-0.3, -0.25) is 9.59 Å². The molecule has 0 aromatic heterocycles. The minimum atomic E-state index is -0.797. The molecule has 0 saturated heterocycles. The van der Waals surface area contributed by atoms with E-state index in [2.05, 4.69) is 29.6 Å². The lowest BCUT2D eigenvalue weighted by Gasteiger charge is -2.30. The highest BCUT2D eigenvalue weighted by molar-refractivity contribution is 5.76. The highest BCUT2D eigenvalue weighted by Crippen LogP contribution is 2.40. The third kappa shape index (κ3) is 4.58. The van der Waals surface area contributed by atoms with E-state index in [4.69, 9.17) is 5.11 Å². The van der Waals surface area contributed by atoms with Crippen molar-refractivity contribution in [1.29, 1.82) is 0 Å². The van der Waals surface area contributed by atoms with Gasteiger partial charge >= 0.3 is 5.97 Å². The fourth-order valence-corrected chi connectivity index (χ4v) is 3.33. The number of carbonyl (C=O) groups is 2. The fraction of sp³-hybridized carbons (Fsp3) is 0.556. The molecule has 1 fully saturated rings. The molecule has 2 rings (SSSR count). The van der Waals surface area contributed by atoms with Crippen molar-refractivity contribution in [2.24, 2.45) is 0 Å². The Morgan fingerprint density at radius 3 is 2.32 bits per heavy atom. The number of carbonyl (C=O) groups excluding carboxylic acids is 1. The van der Waals surface area contributed by atoms with Gasteiger partial charge in [0.2, 0.25) is 5.91 Å². The maximum atomic E-state index is 12.0. The van der Waals surface area contributed by atoms with Gasteiger partial charge in [0.25, 0.3) is 0 Å². The number of nitrogens with one attached hydrogen (secondary N) is 1. The van der Waals surface area contributed by atoms with Crippen molar-refractivity contribution in [2.75, 3.05) is 6.54 Å². The van der Waals surface area contributed by atoms with Crippen molar-refractivity contribution in [1.82, 2.24) is 5.32 Å². The second-order valence-corrected chi connectivity index (χ2v) is 6.23. The monoisotopic (exact) mass is 303 g/mol. The van der Waals surface area contributed by atoms with Crippen LogP contribution in [0.2, 0.25) is 0 Å². The Bertz CT molecular complexity index is 492. The van der Waals surface area contributed by atoms with Crippen molar-refractivity contribution in [3.8, 4) is 0 Å². The Kier molecular flexibility index (Phi) is 5.99. The SMILES string of the molecule is O=C(O)CCCCC(=O)NCC1(c2ccccc2)CCCC1. The highest BCUT2D eigenvalue weighted by Gasteiger charge is 2.35. The Morgan fingerprint density at radius 2 is 1.68 bits per heavy atom. The quantitative estimate of drug-likeness (QED) is 0.724. The molecule has 1 aliphatic rings. The summed E-state index contributed by atoms with van der Waals surface area (Å²) < 4.78 is 0. The minimum absolute atomic E-state index is 0.0348. The number of aliphatic carboxylic acids is 1. The number of hydrogen-bond acceptors (Lipinski definition) is 2. The maximum absolute atomic E-state index is 12.0. The van der Waals surface area contributed by atoms with Crippen molar-refractivity contribution < 1.29 is 14.7 Å². The number of unbranched alkanes of at least 4 members (excludes halogenated alkanes) is 1. The predicted octanol–water partition coefficient (Wildman–Crippen LogP) is 3.26. The van der Waals surface area contributed by atoms with Gasteiger partial charge < -0.3 is 10.4 Å². The molecule has 1 amide bonds. The summed E-state index contributed by atoms with van der Waals surface area (Å²) in [6, 6.07) is 10.5. The van der Waals surface area contributed by atoms with E-state index >= 15 is 0 Å². The first-order valence-corrected chi connectivity index (χ1v) is 8.16. The second kappa shape index (κ2) is 7.97. The van der Waals surface area contributed by atoms with Crippen molar-refractivity contribution >= 4 is 11.9 Å². The normalized spacial score (nSPS) is 16.4. The standard InChI is InChI=1S/C18H25NO3/c20-16(10-4-5-11-17(21)22)19-14-18(12-6-7-13-18)15-8-2-1-3-9-15/h1-3,8-9H,4-7,10-14H2,(H,19,20)(H,21,22). The van der Waals surface area contributed by atoms with E-state index in [0.29, 0.717) is 25.8 Å². The molecule has 0 heterocycles. The minimum Gasteiger partial charge on any atom is -0.481 e. The molecule has 22 heavy (non-hydrogen) atoms. The molecule has 2 N–H and O–H groups in total. The molecule has 4 heteroatoms. The molecule has 0 spiro atoms. The fourth-order valence-electron chi connectivity index (χ4n) is 3.33. The summed E-state index contributed by atoms with van der Waals surface area (Å²) in [4.78, 5) is 22.4. The molecule has 1 aliphatic carbocycles. The predicted molar refractivity (Wildman–Crippen MR) is 85.7 cm³/mol. The van der Waals surface area contributed by atoms with Crippen LogP contribution in [0.4, 0.5) is 0 Å². The maximum Gasteiger partial charge on any atom is 0.303 e. The molecule has 0 bridgehead atoms. The van der Waals surface area contributed by atoms with E-state index in [1.54, 1.807) is 0 Å². The van der Waals surface area contributed by atoms with Gasteiger partial charge in [0.05, 0.1) is 0 Å². The van der Waals surface area contributed by atoms with Gasteiger partial charge in [0, 0.05) is 24.8 Å². The van der Waals surface area contributed by atoms with Gasteiger partial charge in [-0.25, -0.2) is 0 Å². The van der Waals surface area contributed by atoms with Gasteiger partial charge in [0.1, 0.15) is 0 Å². The van der Waals surface area contributed by atoms with Gasteiger partial charge in [-0.2, -0.15) is 0 Å². The van der Waals surface area contributed by atoms with Crippen LogP contribution in [-0.2, 0) is 15.0 Å². The molecule has 1 saturated carbocycles. The summed E-state index contributed by atoms with van der Waals surface area (Å²) in [6.45, 7) is 0.689. The van der Waals surface area contributed by atoms with Crippen LogP contribution in [0.25, 0.3) is 0 Å². The Hall–Kier alpha value is -1.84. The van der Waals surface area contributed by atoms with E-state index in [0.717, 1.165) is 12.8 Å². The van der Waals surface area contributed by atoms with Crippen LogP contribution in [0, 0.1) is 0 Å². The summed E-state index contributed by atoms with van der Waals surface area (Å²) in [5, 5.41) is 11.7. The lowest BCUT2D eigenvalue weighted by molar-refractivity contribution is -0.137. The highest BCUT2D eigenvalue weighted by atomic mass is 16.4. The molecule has 0 atom stereocenters. The van der Waals surface area contributed by atoms with Crippen LogP contribution in [0.3, 0.4) is 0 Å². The van der Waals surface area contributed by atoms with Crippen LogP contribution in [0.15, 0.2) is 30.3 Å². The number of carboxylic acids is 1. The van der Waals surface area contributed by atoms with E-state index in [1.165, 1.54) is 18.4 Å². The molecule has 0 aliphatic heterocycles. The van der Waals surface area contributed by atoms with Crippen LogP contribution >= 0.6 is 0 Å². The number of hydrogen-bond donors (Lipinski definition) is 2. The van der Waals surface area contributed by atoms with Gasteiger partial charge in [-0.15, -0.1) is 0 Å². The van der Waals surface area contributed by atoms with Gasteiger partial charge in [-0.1, -0.05) is 43.2 Å². The molecule has 4 nitrogen and oxygen atoms in total. The largest absolute Gasteiger partial charge is 0.481 e. The Morgan fingerprint density at radius 1 is 1.05 bits per heavy atom. The average molecular weight is 303 g/mol. The molecule has 1 aromatic carbocycles. The van der Waals surface area contributed by atoms with E-state index < -0.39 is 5.97 Å². The second-order valence-electron chi connectivity index (χ2n) is 6.23. The Balaban J connectivity index is 1.82. The first-order valence-electron chi connectivity index (χ1n) is 8.16. The third-order valence-corrected chi connectivity index (χ3v) is 4.62. The number of carboxylic acid groups (broad SMARTS) is 1. The van der Waals surface area contributed by atoms with Gasteiger partial charge in [0.15, 0.2) is 0 Å². The number of benzene rings is 1. The molecule has 120 valence electrons. The van der Waals surface area contributed by atoms with E-state index in [9.17, 15) is 9.59 Å². The van der Waals surface area contributed by atoms with Crippen LogP contribution in [0.5, 0.6) is 0 Å². The smallest absolute Gasteiger partial charge is 0.303 e. The van der Waals surface area contributed by atoms with E-state index in [1.807, 2.05) is 6.07 Å².